The van der Waals surface area contributed by atoms with Crippen molar-refractivity contribution in [3.63, 3.8) is 0 Å². The van der Waals surface area contributed by atoms with Crippen molar-refractivity contribution in [2.45, 2.75) is 0 Å². The Kier molecular flexibility index (Phi) is 4.31. The van der Waals surface area contributed by atoms with Crippen LogP contribution in [0.15, 0.2) is 12.3 Å². The van der Waals surface area contributed by atoms with E-state index < -0.39 is 10.2 Å². The van der Waals surface area contributed by atoms with E-state index in [0.717, 1.165) is 0 Å². The van der Waals surface area contributed by atoms with Crippen LogP contribution in [-0.4, -0.2) is 73.6 Å². The summed E-state index contributed by atoms with van der Waals surface area (Å²) in [6.45, 7) is 1.84. The second kappa shape index (κ2) is 5.81. The standard InChI is InChI=1S/C11H17N5O3S/c1-14(2)20(18,19)16-7-5-15(6-8-16)11-3-4-12-10(9-17)13-11/h3-4,9H,5-8H2,1-2H3. The molecule has 0 saturated carbocycles. The van der Waals surface area contributed by atoms with Gasteiger partial charge in [-0.15, -0.1) is 0 Å². The summed E-state index contributed by atoms with van der Waals surface area (Å²) in [5.74, 6) is 0.773. The first-order chi connectivity index (χ1) is 9.45. The molecule has 20 heavy (non-hydrogen) atoms. The largest absolute Gasteiger partial charge is 0.354 e. The third-order valence-electron chi connectivity index (χ3n) is 3.12. The van der Waals surface area contributed by atoms with Gasteiger partial charge in [-0.1, -0.05) is 0 Å². The van der Waals surface area contributed by atoms with Gasteiger partial charge in [0.2, 0.25) is 0 Å². The first-order valence-corrected chi connectivity index (χ1v) is 7.55. The quantitative estimate of drug-likeness (QED) is 0.678. The van der Waals surface area contributed by atoms with Gasteiger partial charge < -0.3 is 4.90 Å². The molecule has 0 bridgehead atoms. The lowest BCUT2D eigenvalue weighted by atomic mass is 10.3. The Labute approximate surface area is 118 Å². The van der Waals surface area contributed by atoms with Crippen molar-refractivity contribution in [1.82, 2.24) is 18.6 Å². The first-order valence-electron chi connectivity index (χ1n) is 6.16. The van der Waals surface area contributed by atoms with Crippen LogP contribution in [0.3, 0.4) is 0 Å². The summed E-state index contributed by atoms with van der Waals surface area (Å²) in [5.41, 5.74) is 0. The molecule has 1 aromatic heterocycles. The SMILES string of the molecule is CN(C)S(=O)(=O)N1CCN(c2ccnc(C=O)n2)CC1. The molecule has 0 atom stereocenters. The zero-order valence-electron chi connectivity index (χ0n) is 11.4. The minimum atomic E-state index is -3.37. The number of hydrogen-bond donors (Lipinski definition) is 0. The Bertz CT molecular complexity index is 581. The minimum Gasteiger partial charge on any atom is -0.354 e. The van der Waals surface area contributed by atoms with Crippen molar-refractivity contribution < 1.29 is 13.2 Å². The highest BCUT2D eigenvalue weighted by Gasteiger charge is 2.28. The highest BCUT2D eigenvalue weighted by molar-refractivity contribution is 7.86. The summed E-state index contributed by atoms with van der Waals surface area (Å²) in [4.78, 5) is 20.5. The average molecular weight is 299 g/mol. The number of anilines is 1. The second-order valence-corrected chi connectivity index (χ2v) is 6.71. The molecule has 1 aromatic rings. The first kappa shape index (κ1) is 14.8. The van der Waals surface area contributed by atoms with E-state index in [1.165, 1.54) is 28.9 Å². The number of carbonyl (C=O) groups is 1. The Morgan fingerprint density at radius 2 is 1.90 bits per heavy atom. The lowest BCUT2D eigenvalue weighted by molar-refractivity contribution is 0.111. The zero-order chi connectivity index (χ0) is 14.8. The molecule has 0 N–H and O–H groups in total. The topological polar surface area (TPSA) is 86.7 Å². The smallest absolute Gasteiger partial charge is 0.281 e. The number of carbonyl (C=O) groups excluding carboxylic acids is 1. The number of rotatable bonds is 4. The van der Waals surface area contributed by atoms with Crippen LogP contribution in [0.4, 0.5) is 5.82 Å². The summed E-state index contributed by atoms with van der Waals surface area (Å²) in [6.07, 6.45) is 2.12. The molecule has 1 aliphatic rings. The molecule has 2 rings (SSSR count). The van der Waals surface area contributed by atoms with E-state index >= 15 is 0 Å². The van der Waals surface area contributed by atoms with Crippen molar-refractivity contribution in [2.75, 3.05) is 45.2 Å². The lowest BCUT2D eigenvalue weighted by Gasteiger charge is -2.35. The summed E-state index contributed by atoms with van der Waals surface area (Å²) in [7, 11) is -0.335. The predicted octanol–water partition coefficient (Wildman–Crippen LogP) is -0.782. The predicted molar refractivity (Wildman–Crippen MR) is 73.8 cm³/mol. The Hall–Kier alpha value is -1.58. The fourth-order valence-corrected chi connectivity index (χ4v) is 3.06. The Morgan fingerprint density at radius 1 is 1.25 bits per heavy atom. The summed E-state index contributed by atoms with van der Waals surface area (Å²) < 4.78 is 26.6. The lowest BCUT2D eigenvalue weighted by Crippen LogP contribution is -2.51. The molecule has 0 radical (unpaired) electrons. The van der Waals surface area contributed by atoms with Crippen molar-refractivity contribution in [3.05, 3.63) is 18.1 Å². The highest BCUT2D eigenvalue weighted by Crippen LogP contribution is 2.15. The summed E-state index contributed by atoms with van der Waals surface area (Å²) in [6, 6.07) is 1.71. The monoisotopic (exact) mass is 299 g/mol. The van der Waals surface area contributed by atoms with Crippen molar-refractivity contribution >= 4 is 22.3 Å². The molecule has 0 aromatic carbocycles. The fourth-order valence-electron chi connectivity index (χ4n) is 1.98. The van der Waals surface area contributed by atoms with Gasteiger partial charge in [-0.05, 0) is 6.07 Å². The minimum absolute atomic E-state index is 0.130. The van der Waals surface area contributed by atoms with E-state index in [0.29, 0.717) is 38.3 Å². The van der Waals surface area contributed by atoms with Crippen LogP contribution in [0, 0.1) is 0 Å². The Balaban J connectivity index is 2.06. The van der Waals surface area contributed by atoms with Crippen LogP contribution in [0.25, 0.3) is 0 Å². The number of piperazine rings is 1. The molecule has 2 heterocycles. The van der Waals surface area contributed by atoms with E-state index in [2.05, 4.69) is 9.97 Å². The van der Waals surface area contributed by atoms with Crippen LogP contribution in [-0.2, 0) is 10.2 Å². The molecule has 0 spiro atoms. The van der Waals surface area contributed by atoms with Gasteiger partial charge in [0, 0.05) is 46.5 Å². The van der Waals surface area contributed by atoms with E-state index in [4.69, 9.17) is 0 Å². The van der Waals surface area contributed by atoms with E-state index in [9.17, 15) is 13.2 Å². The van der Waals surface area contributed by atoms with E-state index in [-0.39, 0.29) is 5.82 Å². The molecule has 110 valence electrons. The van der Waals surface area contributed by atoms with Gasteiger partial charge in [0.25, 0.3) is 10.2 Å². The fraction of sp³-hybridized carbons (Fsp3) is 0.545. The Morgan fingerprint density at radius 3 is 2.45 bits per heavy atom. The molecule has 0 unspecified atom stereocenters. The second-order valence-electron chi connectivity index (χ2n) is 4.57. The summed E-state index contributed by atoms with van der Waals surface area (Å²) in [5, 5.41) is 0. The van der Waals surface area contributed by atoms with Gasteiger partial charge >= 0.3 is 0 Å². The van der Waals surface area contributed by atoms with E-state index in [1.54, 1.807) is 6.07 Å². The van der Waals surface area contributed by atoms with Crippen LogP contribution in [0.5, 0.6) is 0 Å². The van der Waals surface area contributed by atoms with Crippen LogP contribution in [0.2, 0.25) is 0 Å². The van der Waals surface area contributed by atoms with Gasteiger partial charge in [0.1, 0.15) is 5.82 Å². The molecule has 1 saturated heterocycles. The third-order valence-corrected chi connectivity index (χ3v) is 5.06. The van der Waals surface area contributed by atoms with E-state index in [1.807, 2.05) is 4.90 Å². The van der Waals surface area contributed by atoms with Gasteiger partial charge in [0.05, 0.1) is 0 Å². The molecule has 0 amide bonds. The van der Waals surface area contributed by atoms with Crippen LogP contribution in [0.1, 0.15) is 10.6 Å². The molecule has 1 fully saturated rings. The van der Waals surface area contributed by atoms with Crippen molar-refractivity contribution in [3.8, 4) is 0 Å². The van der Waals surface area contributed by atoms with Gasteiger partial charge in [-0.25, -0.2) is 9.97 Å². The average Bonchev–Trinajstić information content (AvgIpc) is 2.47. The van der Waals surface area contributed by atoms with Crippen LogP contribution < -0.4 is 4.90 Å². The maximum Gasteiger partial charge on any atom is 0.281 e. The summed E-state index contributed by atoms with van der Waals surface area (Å²) >= 11 is 0. The van der Waals surface area contributed by atoms with Crippen molar-refractivity contribution in [1.29, 1.82) is 0 Å². The highest BCUT2D eigenvalue weighted by atomic mass is 32.2. The van der Waals surface area contributed by atoms with Crippen LogP contribution >= 0.6 is 0 Å². The number of hydrogen-bond acceptors (Lipinski definition) is 6. The maximum absolute atomic E-state index is 12.0. The number of aldehydes is 1. The molecule has 9 heteroatoms. The maximum atomic E-state index is 12.0. The normalized spacial score (nSPS) is 17.4. The number of nitrogens with zero attached hydrogens (tertiary/aromatic N) is 5. The third kappa shape index (κ3) is 2.94. The molecule has 0 aliphatic carbocycles. The molecule has 1 aliphatic heterocycles. The van der Waals surface area contributed by atoms with Gasteiger partial charge in [-0.3, -0.25) is 4.79 Å². The molecule has 8 nitrogen and oxygen atoms in total. The van der Waals surface area contributed by atoms with Gasteiger partial charge in [0.15, 0.2) is 12.1 Å². The zero-order valence-corrected chi connectivity index (χ0v) is 12.2. The van der Waals surface area contributed by atoms with Crippen molar-refractivity contribution in [2.24, 2.45) is 0 Å². The molecular weight excluding hydrogens is 282 g/mol. The number of aromatic nitrogens is 2. The molecular formula is C11H17N5O3S. The van der Waals surface area contributed by atoms with Gasteiger partial charge in [-0.2, -0.15) is 17.0 Å².